The maximum atomic E-state index is 12.7. The van der Waals surface area contributed by atoms with E-state index in [9.17, 15) is 14.4 Å². The lowest BCUT2D eigenvalue weighted by Crippen LogP contribution is -2.30. The van der Waals surface area contributed by atoms with Crippen molar-refractivity contribution in [3.63, 3.8) is 0 Å². The van der Waals surface area contributed by atoms with Crippen LogP contribution in [0, 0.1) is 17.8 Å². The molecule has 0 fully saturated rings. The first-order chi connectivity index (χ1) is 26.1. The third kappa shape index (κ3) is 40.1. The molecule has 0 amide bonds. The fourth-order valence-corrected chi connectivity index (χ4v) is 7.02. The van der Waals surface area contributed by atoms with Gasteiger partial charge in [0.15, 0.2) is 6.10 Å². The largest absolute Gasteiger partial charge is 0.462 e. The van der Waals surface area contributed by atoms with Gasteiger partial charge in [-0.15, -0.1) is 0 Å². The first-order valence-electron chi connectivity index (χ1n) is 23.6. The van der Waals surface area contributed by atoms with Crippen molar-refractivity contribution in [3.05, 3.63) is 0 Å². The second-order valence-electron chi connectivity index (χ2n) is 17.6. The van der Waals surface area contributed by atoms with Crippen LogP contribution in [0.1, 0.15) is 253 Å². The van der Waals surface area contributed by atoms with Gasteiger partial charge in [0.1, 0.15) is 13.2 Å². The maximum absolute atomic E-state index is 12.7. The summed E-state index contributed by atoms with van der Waals surface area (Å²) in [4.78, 5) is 37.7. The molecular weight excluding hydrogens is 673 g/mol. The van der Waals surface area contributed by atoms with Crippen LogP contribution in [-0.2, 0) is 28.6 Å². The summed E-state index contributed by atoms with van der Waals surface area (Å²) in [5.74, 6) is 1.58. The van der Waals surface area contributed by atoms with E-state index < -0.39 is 6.10 Å². The normalized spacial score (nSPS) is 12.7. The Hall–Kier alpha value is -1.59. The molecule has 2 atom stereocenters. The molecule has 0 aromatic rings. The smallest absolute Gasteiger partial charge is 0.306 e. The van der Waals surface area contributed by atoms with E-state index in [0.29, 0.717) is 19.3 Å². The summed E-state index contributed by atoms with van der Waals surface area (Å²) in [7, 11) is 0. The Morgan fingerprint density at radius 2 is 0.648 bits per heavy atom. The second-order valence-corrected chi connectivity index (χ2v) is 17.6. The minimum atomic E-state index is -0.762. The fourth-order valence-electron chi connectivity index (χ4n) is 7.02. The van der Waals surface area contributed by atoms with Crippen LogP contribution >= 0.6 is 0 Å². The van der Waals surface area contributed by atoms with Crippen molar-refractivity contribution in [2.24, 2.45) is 17.8 Å². The molecule has 0 spiro atoms. The van der Waals surface area contributed by atoms with Gasteiger partial charge in [0.05, 0.1) is 0 Å². The lowest BCUT2D eigenvalue weighted by atomic mass is 9.99. The number of ether oxygens (including phenoxy) is 3. The fraction of sp³-hybridized carbons (Fsp3) is 0.938. The summed E-state index contributed by atoms with van der Waals surface area (Å²) in [5.41, 5.74) is 0. The van der Waals surface area contributed by atoms with Gasteiger partial charge in [-0.25, -0.2) is 0 Å². The molecule has 0 aliphatic heterocycles. The second kappa shape index (κ2) is 39.6. The Morgan fingerprint density at radius 1 is 0.370 bits per heavy atom. The molecule has 6 heteroatoms. The van der Waals surface area contributed by atoms with Crippen LogP contribution in [0.15, 0.2) is 0 Å². The molecule has 0 saturated carbocycles. The van der Waals surface area contributed by atoms with Gasteiger partial charge in [-0.1, -0.05) is 215 Å². The summed E-state index contributed by atoms with van der Waals surface area (Å²) in [6.45, 7) is 13.6. The lowest BCUT2D eigenvalue weighted by molar-refractivity contribution is -0.167. The van der Waals surface area contributed by atoms with E-state index in [1.54, 1.807) is 0 Å². The maximum Gasteiger partial charge on any atom is 0.306 e. The summed E-state index contributed by atoms with van der Waals surface area (Å²) < 4.78 is 16.7. The molecule has 0 aromatic heterocycles. The molecule has 0 aliphatic rings. The van der Waals surface area contributed by atoms with Crippen molar-refractivity contribution in [2.45, 2.75) is 260 Å². The van der Waals surface area contributed by atoms with Gasteiger partial charge in [-0.2, -0.15) is 0 Å². The molecule has 0 saturated heterocycles. The highest BCUT2D eigenvalue weighted by atomic mass is 16.6. The number of carbonyl (C=O) groups excluding carboxylic acids is 3. The number of hydrogen-bond donors (Lipinski definition) is 0. The van der Waals surface area contributed by atoms with Gasteiger partial charge in [-0.05, 0) is 37.0 Å². The summed E-state index contributed by atoms with van der Waals surface area (Å²) in [6.07, 6.45) is 36.7. The van der Waals surface area contributed by atoms with E-state index in [1.807, 2.05) is 0 Å². The van der Waals surface area contributed by atoms with Crippen LogP contribution in [0.4, 0.5) is 0 Å². The summed E-state index contributed by atoms with van der Waals surface area (Å²) >= 11 is 0. The molecule has 320 valence electrons. The number of carbonyl (C=O) groups is 3. The predicted octanol–water partition coefficient (Wildman–Crippen LogP) is 14.8. The van der Waals surface area contributed by atoms with Crippen LogP contribution in [0.2, 0.25) is 0 Å². The number of hydrogen-bond acceptors (Lipinski definition) is 6. The highest BCUT2D eigenvalue weighted by Gasteiger charge is 2.19. The highest BCUT2D eigenvalue weighted by molar-refractivity contribution is 5.71. The molecule has 0 N–H and O–H groups in total. The zero-order valence-electron chi connectivity index (χ0n) is 37.0. The third-order valence-electron chi connectivity index (χ3n) is 11.0. The monoisotopic (exact) mass is 765 g/mol. The minimum Gasteiger partial charge on any atom is -0.462 e. The Balaban J connectivity index is 4.32. The molecule has 6 nitrogen and oxygen atoms in total. The van der Waals surface area contributed by atoms with Crippen LogP contribution in [0.25, 0.3) is 0 Å². The standard InChI is InChI=1S/C48H92O6/c1-7-44(6)36-30-24-17-13-9-11-14-18-25-31-37-46(49)52-40-45(41-53-47(50)38-32-26-21-20-23-29-35-43(4)5)54-48(51)39-33-27-19-15-10-8-12-16-22-28-34-42(2)3/h42-45H,7-41H2,1-6H3/t44?,45-/m1/s1. The van der Waals surface area contributed by atoms with E-state index in [2.05, 4.69) is 41.5 Å². The summed E-state index contributed by atoms with van der Waals surface area (Å²) in [5, 5.41) is 0. The quantitative estimate of drug-likeness (QED) is 0.0350. The first kappa shape index (κ1) is 52.4. The van der Waals surface area contributed by atoms with Gasteiger partial charge >= 0.3 is 17.9 Å². The molecule has 54 heavy (non-hydrogen) atoms. The molecule has 0 heterocycles. The van der Waals surface area contributed by atoms with Gasteiger partial charge < -0.3 is 14.2 Å². The molecule has 0 aliphatic carbocycles. The van der Waals surface area contributed by atoms with Crippen molar-refractivity contribution in [2.75, 3.05) is 13.2 Å². The minimum absolute atomic E-state index is 0.0664. The van der Waals surface area contributed by atoms with Crippen LogP contribution in [0.3, 0.4) is 0 Å². The van der Waals surface area contributed by atoms with Gasteiger partial charge in [0, 0.05) is 19.3 Å². The Kier molecular flexibility index (Phi) is 38.5. The van der Waals surface area contributed by atoms with E-state index in [4.69, 9.17) is 14.2 Å². The molecule has 0 bridgehead atoms. The summed E-state index contributed by atoms with van der Waals surface area (Å²) in [6, 6.07) is 0. The lowest BCUT2D eigenvalue weighted by Gasteiger charge is -2.18. The Bertz CT molecular complexity index is 839. The van der Waals surface area contributed by atoms with Crippen LogP contribution < -0.4 is 0 Å². The van der Waals surface area contributed by atoms with Gasteiger partial charge in [0.2, 0.25) is 0 Å². The van der Waals surface area contributed by atoms with Crippen molar-refractivity contribution in [1.29, 1.82) is 0 Å². The van der Waals surface area contributed by atoms with Crippen LogP contribution in [0.5, 0.6) is 0 Å². The van der Waals surface area contributed by atoms with Crippen LogP contribution in [-0.4, -0.2) is 37.2 Å². The zero-order valence-corrected chi connectivity index (χ0v) is 37.0. The Labute approximate surface area is 336 Å². The molecule has 1 unspecified atom stereocenters. The molecule has 0 aromatic carbocycles. The predicted molar refractivity (Wildman–Crippen MR) is 229 cm³/mol. The van der Waals surface area contributed by atoms with E-state index in [-0.39, 0.29) is 31.1 Å². The van der Waals surface area contributed by atoms with Crippen molar-refractivity contribution < 1.29 is 28.6 Å². The number of unbranched alkanes of at least 4 members (excludes halogenated alkanes) is 23. The third-order valence-corrected chi connectivity index (χ3v) is 11.0. The molecular formula is C48H92O6. The van der Waals surface area contributed by atoms with Gasteiger partial charge in [-0.3, -0.25) is 14.4 Å². The number of esters is 3. The SMILES string of the molecule is CCC(C)CCCCCCCCCCCCC(=O)OC[C@H](COC(=O)CCCCCCCCC(C)C)OC(=O)CCCCCCCCCCCCC(C)C. The van der Waals surface area contributed by atoms with Crippen molar-refractivity contribution in [3.8, 4) is 0 Å². The number of rotatable bonds is 41. The van der Waals surface area contributed by atoms with Crippen molar-refractivity contribution >= 4 is 17.9 Å². The highest BCUT2D eigenvalue weighted by Crippen LogP contribution is 2.17. The zero-order chi connectivity index (χ0) is 39.9. The topological polar surface area (TPSA) is 78.9 Å². The molecule has 0 rings (SSSR count). The first-order valence-corrected chi connectivity index (χ1v) is 23.6. The van der Waals surface area contributed by atoms with Gasteiger partial charge in [0.25, 0.3) is 0 Å². The average Bonchev–Trinajstić information content (AvgIpc) is 3.14. The molecule has 0 radical (unpaired) electrons. The average molecular weight is 765 g/mol. The van der Waals surface area contributed by atoms with E-state index >= 15 is 0 Å². The Morgan fingerprint density at radius 3 is 0.963 bits per heavy atom. The van der Waals surface area contributed by atoms with E-state index in [1.165, 1.54) is 135 Å². The van der Waals surface area contributed by atoms with E-state index in [0.717, 1.165) is 75.5 Å². The van der Waals surface area contributed by atoms with Crippen molar-refractivity contribution in [1.82, 2.24) is 0 Å².